The van der Waals surface area contributed by atoms with Crippen LogP contribution in [0, 0.1) is 0 Å². The average Bonchev–Trinajstić information content (AvgIpc) is 3.05. The van der Waals surface area contributed by atoms with E-state index in [1.165, 1.54) is 10.4 Å². The van der Waals surface area contributed by atoms with Crippen LogP contribution in [0.5, 0.6) is 0 Å². The van der Waals surface area contributed by atoms with Crippen LogP contribution >= 0.6 is 11.6 Å². The first-order chi connectivity index (χ1) is 9.11. The minimum atomic E-state index is -3.59. The normalized spacial score (nSPS) is 15.6. The topological polar surface area (TPSA) is 50.5 Å². The molecular weight excluding hydrogens is 286 g/mol. The molecule has 1 aliphatic rings. The molecular formula is C13H12ClNO3S. The summed E-state index contributed by atoms with van der Waals surface area (Å²) in [6.07, 6.45) is 0. The standard InChI is InChI=1S/C13H12ClNO3S/c14-7-12-5-6-13(18-12)19(16,17)15-8-10-3-1-2-4-11(10)9-15/h1-6H,7-9H2. The molecule has 0 atom stereocenters. The zero-order chi connectivity index (χ0) is 13.5. The Bertz CT molecular complexity index is 683. The lowest BCUT2D eigenvalue weighted by atomic mass is 10.1. The first-order valence-electron chi connectivity index (χ1n) is 5.83. The minimum absolute atomic E-state index is 0.0454. The molecule has 0 N–H and O–H groups in total. The predicted octanol–water partition coefficient (Wildman–Crippen LogP) is 2.72. The average molecular weight is 298 g/mol. The lowest BCUT2D eigenvalue weighted by Gasteiger charge is -2.13. The lowest BCUT2D eigenvalue weighted by Crippen LogP contribution is -2.25. The van der Waals surface area contributed by atoms with Crippen molar-refractivity contribution < 1.29 is 12.8 Å². The van der Waals surface area contributed by atoms with Crippen LogP contribution in [0.3, 0.4) is 0 Å². The smallest absolute Gasteiger partial charge is 0.277 e. The van der Waals surface area contributed by atoms with Crippen molar-refractivity contribution >= 4 is 21.6 Å². The van der Waals surface area contributed by atoms with Crippen LogP contribution in [0.15, 0.2) is 45.9 Å². The fourth-order valence-corrected chi connectivity index (χ4v) is 3.64. The largest absolute Gasteiger partial charge is 0.447 e. The van der Waals surface area contributed by atoms with Crippen LogP contribution in [0.2, 0.25) is 0 Å². The number of fused-ring (bicyclic) bond motifs is 1. The Hall–Kier alpha value is -1.30. The van der Waals surface area contributed by atoms with Crippen LogP contribution in [0.1, 0.15) is 16.9 Å². The molecule has 0 radical (unpaired) electrons. The van der Waals surface area contributed by atoms with Gasteiger partial charge in [0.1, 0.15) is 5.76 Å². The third-order valence-corrected chi connectivity index (χ3v) is 5.10. The fourth-order valence-electron chi connectivity index (χ4n) is 2.17. The van der Waals surface area contributed by atoms with Gasteiger partial charge >= 0.3 is 0 Å². The van der Waals surface area contributed by atoms with Crippen molar-refractivity contribution in [2.45, 2.75) is 24.1 Å². The highest BCUT2D eigenvalue weighted by Crippen LogP contribution is 2.29. The highest BCUT2D eigenvalue weighted by molar-refractivity contribution is 7.89. The Morgan fingerprint density at radius 3 is 2.26 bits per heavy atom. The van der Waals surface area contributed by atoms with E-state index < -0.39 is 10.0 Å². The van der Waals surface area contributed by atoms with E-state index in [2.05, 4.69) is 0 Å². The molecule has 0 saturated carbocycles. The molecule has 2 heterocycles. The monoisotopic (exact) mass is 297 g/mol. The van der Waals surface area contributed by atoms with Gasteiger partial charge in [-0.05, 0) is 23.3 Å². The molecule has 4 nitrogen and oxygen atoms in total. The third kappa shape index (κ3) is 2.18. The van der Waals surface area contributed by atoms with E-state index in [1.54, 1.807) is 6.07 Å². The van der Waals surface area contributed by atoms with Gasteiger partial charge < -0.3 is 4.42 Å². The van der Waals surface area contributed by atoms with Gasteiger partial charge in [0.05, 0.1) is 5.88 Å². The zero-order valence-corrected chi connectivity index (χ0v) is 11.6. The number of nitrogens with zero attached hydrogens (tertiary/aromatic N) is 1. The van der Waals surface area contributed by atoms with E-state index >= 15 is 0 Å². The van der Waals surface area contributed by atoms with Crippen LogP contribution in [0.25, 0.3) is 0 Å². The highest BCUT2D eigenvalue weighted by Gasteiger charge is 2.32. The number of rotatable bonds is 3. The Morgan fingerprint density at radius 2 is 1.74 bits per heavy atom. The molecule has 0 amide bonds. The second-order valence-corrected chi connectivity index (χ2v) is 6.53. The Balaban J connectivity index is 1.91. The summed E-state index contributed by atoms with van der Waals surface area (Å²) in [5.74, 6) is 0.618. The van der Waals surface area contributed by atoms with Crippen LogP contribution in [-0.2, 0) is 29.0 Å². The van der Waals surface area contributed by atoms with Crippen molar-refractivity contribution in [2.75, 3.05) is 0 Å². The fraction of sp³-hybridized carbons (Fsp3) is 0.231. The Kier molecular flexibility index (Phi) is 3.12. The summed E-state index contributed by atoms with van der Waals surface area (Å²) in [7, 11) is -3.59. The van der Waals surface area contributed by atoms with E-state index in [1.807, 2.05) is 24.3 Å². The Morgan fingerprint density at radius 1 is 1.11 bits per heavy atom. The Labute approximate surface area is 116 Å². The van der Waals surface area contributed by atoms with Gasteiger partial charge in [-0.15, -0.1) is 11.6 Å². The molecule has 0 bridgehead atoms. The highest BCUT2D eigenvalue weighted by atomic mass is 35.5. The minimum Gasteiger partial charge on any atom is -0.447 e. The first-order valence-corrected chi connectivity index (χ1v) is 7.80. The molecule has 1 aromatic carbocycles. The van der Waals surface area contributed by atoms with Crippen LogP contribution in [-0.4, -0.2) is 12.7 Å². The van der Waals surface area contributed by atoms with Gasteiger partial charge in [-0.3, -0.25) is 0 Å². The van der Waals surface area contributed by atoms with Gasteiger partial charge in [-0.1, -0.05) is 24.3 Å². The van der Waals surface area contributed by atoms with Gasteiger partial charge in [0.15, 0.2) is 0 Å². The van der Waals surface area contributed by atoms with Crippen molar-refractivity contribution in [3.05, 3.63) is 53.3 Å². The molecule has 0 spiro atoms. The number of benzene rings is 1. The summed E-state index contributed by atoms with van der Waals surface area (Å²) in [6.45, 7) is 0.769. The number of furan rings is 1. The molecule has 100 valence electrons. The van der Waals surface area contributed by atoms with E-state index in [0.29, 0.717) is 18.8 Å². The molecule has 1 aliphatic heterocycles. The molecule has 2 aromatic rings. The van der Waals surface area contributed by atoms with Crippen molar-refractivity contribution in [3.63, 3.8) is 0 Å². The molecule has 3 rings (SSSR count). The molecule has 6 heteroatoms. The molecule has 1 aromatic heterocycles. The van der Waals surface area contributed by atoms with Gasteiger partial charge in [-0.25, -0.2) is 8.42 Å². The summed E-state index contributed by atoms with van der Waals surface area (Å²) in [5, 5.41) is -0.0454. The van der Waals surface area contributed by atoms with E-state index in [4.69, 9.17) is 16.0 Å². The van der Waals surface area contributed by atoms with Crippen LogP contribution < -0.4 is 0 Å². The van der Waals surface area contributed by atoms with Crippen molar-refractivity contribution in [2.24, 2.45) is 0 Å². The maximum absolute atomic E-state index is 12.4. The maximum Gasteiger partial charge on any atom is 0.277 e. The molecule has 0 unspecified atom stereocenters. The zero-order valence-electron chi connectivity index (χ0n) is 10.0. The SMILES string of the molecule is O=S(=O)(c1ccc(CCl)o1)N1Cc2ccccc2C1. The summed E-state index contributed by atoms with van der Waals surface area (Å²) in [5.41, 5.74) is 2.07. The number of halogens is 1. The first kappa shape index (κ1) is 12.7. The van der Waals surface area contributed by atoms with Gasteiger partial charge in [0, 0.05) is 13.1 Å². The third-order valence-electron chi connectivity index (χ3n) is 3.17. The maximum atomic E-state index is 12.4. The number of hydrogen-bond acceptors (Lipinski definition) is 3. The quantitative estimate of drug-likeness (QED) is 0.819. The van der Waals surface area contributed by atoms with E-state index in [-0.39, 0.29) is 11.0 Å². The molecule has 0 saturated heterocycles. The molecule has 0 fully saturated rings. The van der Waals surface area contributed by atoms with E-state index in [0.717, 1.165) is 11.1 Å². The number of alkyl halides is 1. The van der Waals surface area contributed by atoms with Gasteiger partial charge in [0.25, 0.3) is 10.0 Å². The molecule has 0 aliphatic carbocycles. The van der Waals surface area contributed by atoms with Crippen molar-refractivity contribution in [1.82, 2.24) is 4.31 Å². The summed E-state index contributed by atoms with van der Waals surface area (Å²) in [4.78, 5) is 0. The van der Waals surface area contributed by atoms with E-state index in [9.17, 15) is 8.42 Å². The number of sulfonamides is 1. The van der Waals surface area contributed by atoms with Crippen molar-refractivity contribution in [3.8, 4) is 0 Å². The lowest BCUT2D eigenvalue weighted by molar-refractivity contribution is 0.379. The summed E-state index contributed by atoms with van der Waals surface area (Å²) >= 11 is 5.62. The summed E-state index contributed by atoms with van der Waals surface area (Å²) < 4.78 is 31.5. The van der Waals surface area contributed by atoms with Gasteiger partial charge in [0.2, 0.25) is 5.09 Å². The second kappa shape index (κ2) is 4.67. The molecule has 19 heavy (non-hydrogen) atoms. The number of hydrogen-bond donors (Lipinski definition) is 0. The summed E-state index contributed by atoms with van der Waals surface area (Å²) in [6, 6.07) is 10.7. The second-order valence-electron chi connectivity index (χ2n) is 4.40. The van der Waals surface area contributed by atoms with Crippen LogP contribution in [0.4, 0.5) is 0 Å². The van der Waals surface area contributed by atoms with Crippen molar-refractivity contribution in [1.29, 1.82) is 0 Å². The van der Waals surface area contributed by atoms with Gasteiger partial charge in [-0.2, -0.15) is 4.31 Å². The predicted molar refractivity (Wildman–Crippen MR) is 71.1 cm³/mol.